The van der Waals surface area contributed by atoms with Crippen molar-refractivity contribution in [1.29, 1.82) is 0 Å². The zero-order valence-corrected chi connectivity index (χ0v) is 9.65. The Kier molecular flexibility index (Phi) is 3.66. The summed E-state index contributed by atoms with van der Waals surface area (Å²) >= 11 is 0. The van der Waals surface area contributed by atoms with E-state index in [-0.39, 0.29) is 6.54 Å². The minimum atomic E-state index is -1.36. The second-order valence-corrected chi connectivity index (χ2v) is 4.53. The molecule has 1 amide bonds. The summed E-state index contributed by atoms with van der Waals surface area (Å²) in [6.45, 7) is 5.41. The highest BCUT2D eigenvalue weighted by Gasteiger charge is 2.25. The first kappa shape index (κ1) is 12.7. The fourth-order valence-electron chi connectivity index (χ4n) is 1.05. The van der Waals surface area contributed by atoms with Crippen LogP contribution in [0.1, 0.15) is 20.8 Å². The Morgan fingerprint density at radius 3 is 2.75 bits per heavy atom. The molecule has 1 heterocycles. The molecular weight excluding hydrogens is 210 g/mol. The molecule has 1 aliphatic heterocycles. The lowest BCUT2D eigenvalue weighted by molar-refractivity contribution is 0.0203. The molecule has 0 saturated heterocycles. The summed E-state index contributed by atoms with van der Waals surface area (Å²) < 4.78 is 4.99. The molecule has 0 saturated carbocycles. The number of aliphatic imine (C=N–C) groups is 1. The highest BCUT2D eigenvalue weighted by Crippen LogP contribution is 2.07. The molecule has 6 heteroatoms. The van der Waals surface area contributed by atoms with Gasteiger partial charge in [0.05, 0.1) is 6.54 Å². The molecule has 0 spiro atoms. The Bertz CT molecular complexity index is 320. The molecule has 6 nitrogen and oxygen atoms in total. The van der Waals surface area contributed by atoms with Gasteiger partial charge in [-0.25, -0.2) is 4.79 Å². The molecule has 1 rings (SSSR count). The summed E-state index contributed by atoms with van der Waals surface area (Å²) in [5.74, 6) is 0. The lowest BCUT2D eigenvalue weighted by Gasteiger charge is -2.27. The van der Waals surface area contributed by atoms with Crippen LogP contribution in [0, 0.1) is 0 Å². The Morgan fingerprint density at radius 1 is 1.56 bits per heavy atom. The summed E-state index contributed by atoms with van der Waals surface area (Å²) in [4.78, 5) is 15.1. The van der Waals surface area contributed by atoms with Gasteiger partial charge in [0, 0.05) is 6.21 Å². The smallest absolute Gasteiger partial charge is 0.422 e. The predicted octanol–water partition coefficient (Wildman–Crippen LogP) is 0.345. The number of amides is 1. The van der Waals surface area contributed by atoms with Gasteiger partial charge in [0.15, 0.2) is 5.72 Å². The van der Waals surface area contributed by atoms with Gasteiger partial charge in [-0.2, -0.15) is 5.43 Å². The molecule has 3 N–H and O–H groups in total. The summed E-state index contributed by atoms with van der Waals surface area (Å²) in [6.07, 6.45) is 4.01. The summed E-state index contributed by atoms with van der Waals surface area (Å²) in [7, 11) is 0. The second kappa shape index (κ2) is 4.63. The largest absolute Gasteiger partial charge is 0.443 e. The number of dihydropyridines is 1. The van der Waals surface area contributed by atoms with Crippen LogP contribution in [0.2, 0.25) is 0 Å². The van der Waals surface area contributed by atoms with E-state index in [0.29, 0.717) is 0 Å². The van der Waals surface area contributed by atoms with Crippen molar-refractivity contribution < 1.29 is 14.6 Å². The molecule has 0 aromatic heterocycles. The maximum atomic E-state index is 11.3. The number of rotatable bonds is 2. The van der Waals surface area contributed by atoms with Gasteiger partial charge in [0.2, 0.25) is 0 Å². The van der Waals surface area contributed by atoms with Crippen LogP contribution in [0.4, 0.5) is 4.79 Å². The van der Waals surface area contributed by atoms with Gasteiger partial charge in [0.1, 0.15) is 5.60 Å². The van der Waals surface area contributed by atoms with Crippen molar-refractivity contribution in [3.8, 4) is 0 Å². The molecule has 1 unspecified atom stereocenters. The van der Waals surface area contributed by atoms with E-state index >= 15 is 0 Å². The monoisotopic (exact) mass is 227 g/mol. The van der Waals surface area contributed by atoms with Crippen LogP contribution in [0.5, 0.6) is 0 Å². The Hall–Kier alpha value is -1.40. The zero-order valence-electron chi connectivity index (χ0n) is 9.65. The van der Waals surface area contributed by atoms with Crippen LogP contribution in [0.25, 0.3) is 0 Å². The number of carbonyl (C=O) groups is 1. The van der Waals surface area contributed by atoms with E-state index in [1.165, 1.54) is 6.08 Å². The molecular formula is C10H17N3O3. The van der Waals surface area contributed by atoms with Crippen LogP contribution in [0.3, 0.4) is 0 Å². The van der Waals surface area contributed by atoms with Crippen molar-refractivity contribution in [2.24, 2.45) is 4.99 Å². The average molecular weight is 227 g/mol. The molecule has 90 valence electrons. The molecule has 0 aliphatic carbocycles. The first-order chi connectivity index (χ1) is 7.31. The number of nitrogens with zero attached hydrogens (tertiary/aromatic N) is 1. The number of hydrogen-bond acceptors (Lipinski definition) is 5. The zero-order chi connectivity index (χ0) is 12.2. The van der Waals surface area contributed by atoms with E-state index in [0.717, 1.165) is 0 Å². The van der Waals surface area contributed by atoms with Gasteiger partial charge >= 0.3 is 6.09 Å². The van der Waals surface area contributed by atoms with Crippen molar-refractivity contribution in [3.63, 3.8) is 0 Å². The van der Waals surface area contributed by atoms with Crippen molar-refractivity contribution in [3.05, 3.63) is 12.2 Å². The quantitative estimate of drug-likeness (QED) is 0.469. The third-order valence-electron chi connectivity index (χ3n) is 1.68. The van der Waals surface area contributed by atoms with Crippen LogP contribution in [0.15, 0.2) is 17.1 Å². The van der Waals surface area contributed by atoms with Crippen LogP contribution < -0.4 is 10.9 Å². The number of hydrogen-bond donors (Lipinski definition) is 3. The van der Waals surface area contributed by atoms with Crippen molar-refractivity contribution in [2.75, 3.05) is 6.54 Å². The molecule has 0 aromatic carbocycles. The van der Waals surface area contributed by atoms with Crippen LogP contribution >= 0.6 is 0 Å². The number of hydrazine groups is 1. The van der Waals surface area contributed by atoms with Gasteiger partial charge in [-0.3, -0.25) is 10.4 Å². The SMILES string of the molecule is CC(C)(C)OC(=O)NNC1(O)C=CC=NC1. The Balaban J connectivity index is 2.37. The molecule has 0 aromatic rings. The number of nitrogens with one attached hydrogen (secondary N) is 2. The van der Waals surface area contributed by atoms with E-state index in [9.17, 15) is 9.90 Å². The predicted molar refractivity (Wildman–Crippen MR) is 60.0 cm³/mol. The maximum Gasteiger partial charge on any atom is 0.422 e. The van der Waals surface area contributed by atoms with Crippen LogP contribution in [-0.2, 0) is 4.74 Å². The van der Waals surface area contributed by atoms with Gasteiger partial charge in [-0.1, -0.05) is 0 Å². The Labute approximate surface area is 94.4 Å². The van der Waals surface area contributed by atoms with Crippen molar-refractivity contribution >= 4 is 12.3 Å². The molecule has 0 radical (unpaired) electrons. The lowest BCUT2D eigenvalue weighted by atomic mass is 10.2. The van der Waals surface area contributed by atoms with Gasteiger partial charge < -0.3 is 9.84 Å². The minimum Gasteiger partial charge on any atom is -0.443 e. The second-order valence-electron chi connectivity index (χ2n) is 4.53. The topological polar surface area (TPSA) is 83.0 Å². The van der Waals surface area contributed by atoms with Gasteiger partial charge in [-0.05, 0) is 32.9 Å². The number of allylic oxidation sites excluding steroid dienone is 1. The van der Waals surface area contributed by atoms with E-state index in [4.69, 9.17) is 4.74 Å². The fourth-order valence-corrected chi connectivity index (χ4v) is 1.05. The highest BCUT2D eigenvalue weighted by molar-refractivity contribution is 5.72. The van der Waals surface area contributed by atoms with Gasteiger partial charge in [-0.15, -0.1) is 0 Å². The minimum absolute atomic E-state index is 0.138. The fraction of sp³-hybridized carbons (Fsp3) is 0.600. The molecule has 16 heavy (non-hydrogen) atoms. The van der Waals surface area contributed by atoms with E-state index < -0.39 is 17.4 Å². The van der Waals surface area contributed by atoms with E-state index in [2.05, 4.69) is 15.8 Å². The number of ether oxygens (including phenoxy) is 1. The first-order valence-corrected chi connectivity index (χ1v) is 4.97. The molecule has 1 atom stereocenters. The van der Waals surface area contributed by atoms with Crippen molar-refractivity contribution in [2.45, 2.75) is 32.1 Å². The summed E-state index contributed by atoms with van der Waals surface area (Å²) in [6, 6.07) is 0. The molecule has 0 fully saturated rings. The van der Waals surface area contributed by atoms with E-state index in [1.54, 1.807) is 33.1 Å². The molecule has 1 aliphatic rings. The van der Waals surface area contributed by atoms with Gasteiger partial charge in [0.25, 0.3) is 0 Å². The van der Waals surface area contributed by atoms with Crippen molar-refractivity contribution in [1.82, 2.24) is 10.9 Å². The lowest BCUT2D eigenvalue weighted by Crippen LogP contribution is -2.56. The van der Waals surface area contributed by atoms with E-state index in [1.807, 2.05) is 0 Å². The number of aliphatic hydroxyl groups is 1. The number of carbonyl (C=O) groups excluding carboxylic acids is 1. The third kappa shape index (κ3) is 4.41. The summed E-state index contributed by atoms with van der Waals surface area (Å²) in [5.41, 5.74) is 2.78. The standard InChI is InChI=1S/C10H17N3O3/c1-9(2,3)16-8(14)12-13-10(15)5-4-6-11-7-10/h4-6,13,15H,7H2,1-3H3,(H,12,14). The summed E-state index contributed by atoms with van der Waals surface area (Å²) in [5, 5.41) is 9.84. The first-order valence-electron chi connectivity index (χ1n) is 4.97. The molecule has 0 bridgehead atoms. The Morgan fingerprint density at radius 2 is 2.25 bits per heavy atom. The normalized spacial score (nSPS) is 24.2. The maximum absolute atomic E-state index is 11.3. The third-order valence-corrected chi connectivity index (χ3v) is 1.68. The van der Waals surface area contributed by atoms with Crippen LogP contribution in [-0.4, -0.2) is 35.3 Å². The highest BCUT2D eigenvalue weighted by atomic mass is 16.6. The average Bonchev–Trinajstić information content (AvgIpc) is 2.14.